The van der Waals surface area contributed by atoms with Gasteiger partial charge in [-0.3, -0.25) is 15.0 Å². The van der Waals surface area contributed by atoms with E-state index in [2.05, 4.69) is 5.32 Å². The highest BCUT2D eigenvalue weighted by molar-refractivity contribution is 6.31. The number of benzene rings is 1. The molecule has 1 atom stereocenters. The van der Waals surface area contributed by atoms with Gasteiger partial charge in [-0.1, -0.05) is 11.6 Å². The van der Waals surface area contributed by atoms with E-state index in [1.165, 1.54) is 12.1 Å². The third-order valence-electron chi connectivity index (χ3n) is 3.57. The van der Waals surface area contributed by atoms with Crippen LogP contribution in [-0.4, -0.2) is 42.2 Å². The Morgan fingerprint density at radius 2 is 1.88 bits per heavy atom. The van der Waals surface area contributed by atoms with Crippen LogP contribution in [0.1, 0.15) is 18.0 Å². The molecule has 0 bridgehead atoms. The normalized spacial score (nSPS) is 16.7. The summed E-state index contributed by atoms with van der Waals surface area (Å²) in [6.45, 7) is 2.00. The van der Waals surface area contributed by atoms with Crippen LogP contribution in [0.25, 0.3) is 0 Å². The quantitative estimate of drug-likeness (QED) is 0.602. The van der Waals surface area contributed by atoms with E-state index >= 15 is 0 Å². The van der Waals surface area contributed by atoms with E-state index in [1.54, 1.807) is 4.90 Å². The molecule has 0 amide bonds. The van der Waals surface area contributed by atoms with Crippen molar-refractivity contribution in [2.45, 2.75) is 18.6 Å². The van der Waals surface area contributed by atoms with Gasteiger partial charge in [-0.15, -0.1) is 24.8 Å². The van der Waals surface area contributed by atoms with Crippen molar-refractivity contribution < 1.29 is 18.1 Å². The molecule has 1 heterocycles. The summed E-state index contributed by atoms with van der Waals surface area (Å²) < 4.78 is 38.8. The molecule has 1 fully saturated rings. The summed E-state index contributed by atoms with van der Waals surface area (Å²) in [6.07, 6.45) is -5.47. The van der Waals surface area contributed by atoms with Gasteiger partial charge in [0.1, 0.15) is 0 Å². The number of nitrogens with zero attached hydrogens (tertiary/aromatic N) is 2. The Morgan fingerprint density at radius 1 is 1.29 bits per heavy atom. The third-order valence-corrected chi connectivity index (χ3v) is 3.91. The van der Waals surface area contributed by atoms with Gasteiger partial charge in [0.25, 0.3) is 5.69 Å². The molecule has 11 heteroatoms. The SMILES string of the molecule is Cl.Cl.O=[N+]([O-])c1ccc(Cl)c([C@H](CC(F)(F)F)N2CCNCC2)c1. The van der Waals surface area contributed by atoms with Gasteiger partial charge in [-0.05, 0) is 11.6 Å². The zero-order chi connectivity index (χ0) is 16.3. The smallest absolute Gasteiger partial charge is 0.314 e. The average molecular weight is 411 g/mol. The van der Waals surface area contributed by atoms with E-state index in [4.69, 9.17) is 11.6 Å². The Balaban J connectivity index is 0.00000264. The molecule has 0 aliphatic carbocycles. The molecule has 0 saturated carbocycles. The molecule has 1 aliphatic rings. The minimum atomic E-state index is -4.39. The first-order valence-corrected chi connectivity index (χ1v) is 7.11. The zero-order valence-electron chi connectivity index (χ0n) is 12.4. The van der Waals surface area contributed by atoms with Crippen molar-refractivity contribution in [3.05, 3.63) is 38.9 Å². The van der Waals surface area contributed by atoms with E-state index in [9.17, 15) is 23.3 Å². The standard InChI is InChI=1S/C13H15ClF3N3O2.2ClH/c14-11-2-1-9(20(21)22)7-10(11)12(8-13(15,16)17)19-5-3-18-4-6-19;;/h1-2,7,12,18H,3-6,8H2;2*1H/t12-;;/m0../s1. The van der Waals surface area contributed by atoms with Crippen molar-refractivity contribution in [1.29, 1.82) is 0 Å². The summed E-state index contributed by atoms with van der Waals surface area (Å²) in [5.74, 6) is 0. The van der Waals surface area contributed by atoms with Gasteiger partial charge in [0.2, 0.25) is 0 Å². The summed E-state index contributed by atoms with van der Waals surface area (Å²) >= 11 is 6.01. The Labute approximate surface area is 154 Å². The van der Waals surface area contributed by atoms with Gasteiger partial charge in [0, 0.05) is 49.4 Å². The number of non-ortho nitro benzene ring substituents is 1. The molecule has 1 aromatic rings. The number of halogens is 6. The van der Waals surface area contributed by atoms with Gasteiger partial charge in [0.05, 0.1) is 11.3 Å². The molecule has 1 aliphatic heterocycles. The first-order valence-electron chi connectivity index (χ1n) is 6.73. The lowest BCUT2D eigenvalue weighted by molar-refractivity contribution is -0.385. The fourth-order valence-electron chi connectivity index (χ4n) is 2.55. The highest BCUT2D eigenvalue weighted by Gasteiger charge is 2.37. The second kappa shape index (κ2) is 9.62. The molecule has 0 aromatic heterocycles. The number of nitrogens with one attached hydrogen (secondary N) is 1. The Hall–Kier alpha value is -0.800. The zero-order valence-corrected chi connectivity index (χ0v) is 14.8. The number of piperazine rings is 1. The number of alkyl halides is 3. The van der Waals surface area contributed by atoms with E-state index < -0.39 is 23.6 Å². The molecule has 0 unspecified atom stereocenters. The second-order valence-electron chi connectivity index (χ2n) is 5.08. The number of hydrogen-bond donors (Lipinski definition) is 1. The van der Waals surface area contributed by atoms with Crippen LogP contribution in [0.4, 0.5) is 18.9 Å². The van der Waals surface area contributed by atoms with Crippen LogP contribution in [-0.2, 0) is 0 Å². The summed E-state index contributed by atoms with van der Waals surface area (Å²) in [7, 11) is 0. The highest BCUT2D eigenvalue weighted by Crippen LogP contribution is 2.38. The largest absolute Gasteiger partial charge is 0.390 e. The average Bonchev–Trinajstić information content (AvgIpc) is 2.45. The Bertz CT molecular complexity index is 555. The highest BCUT2D eigenvalue weighted by atomic mass is 35.5. The van der Waals surface area contributed by atoms with Crippen molar-refractivity contribution in [1.82, 2.24) is 10.2 Å². The minimum Gasteiger partial charge on any atom is -0.314 e. The summed E-state index contributed by atoms with van der Waals surface area (Å²) in [5.41, 5.74) is -0.114. The molecule has 0 radical (unpaired) electrons. The van der Waals surface area contributed by atoms with Gasteiger partial charge >= 0.3 is 6.18 Å². The first kappa shape index (κ1) is 23.2. The number of nitro benzene ring substituents is 1. The van der Waals surface area contributed by atoms with Crippen LogP contribution < -0.4 is 5.32 Å². The van der Waals surface area contributed by atoms with Gasteiger partial charge in [-0.2, -0.15) is 13.2 Å². The molecule has 1 saturated heterocycles. The lowest BCUT2D eigenvalue weighted by Crippen LogP contribution is -2.46. The lowest BCUT2D eigenvalue weighted by atomic mass is 10.00. The van der Waals surface area contributed by atoms with Crippen LogP contribution in [0, 0.1) is 10.1 Å². The van der Waals surface area contributed by atoms with Crippen molar-refractivity contribution in [2.24, 2.45) is 0 Å². The molecule has 0 spiro atoms. The van der Waals surface area contributed by atoms with Gasteiger partial charge in [-0.25, -0.2) is 0 Å². The summed E-state index contributed by atoms with van der Waals surface area (Å²) in [5, 5.41) is 14.0. The van der Waals surface area contributed by atoms with Crippen molar-refractivity contribution in [2.75, 3.05) is 26.2 Å². The van der Waals surface area contributed by atoms with Crippen LogP contribution in [0.15, 0.2) is 18.2 Å². The predicted molar refractivity (Wildman–Crippen MR) is 90.5 cm³/mol. The molecule has 5 nitrogen and oxygen atoms in total. The van der Waals surface area contributed by atoms with E-state index in [0.717, 1.165) is 6.07 Å². The van der Waals surface area contributed by atoms with E-state index in [-0.39, 0.29) is 41.1 Å². The van der Waals surface area contributed by atoms with Crippen molar-refractivity contribution in [3.63, 3.8) is 0 Å². The molecule has 24 heavy (non-hydrogen) atoms. The maximum Gasteiger partial charge on any atom is 0.390 e. The molecular weight excluding hydrogens is 394 g/mol. The molecule has 1 aromatic carbocycles. The van der Waals surface area contributed by atoms with E-state index in [1.807, 2.05) is 0 Å². The third kappa shape index (κ3) is 6.25. The van der Waals surface area contributed by atoms with Crippen molar-refractivity contribution >= 4 is 42.1 Å². The molecule has 2 rings (SSSR count). The summed E-state index contributed by atoms with van der Waals surface area (Å²) in [6, 6.07) is 2.59. The minimum absolute atomic E-state index is 0. The first-order chi connectivity index (χ1) is 10.3. The monoisotopic (exact) mass is 409 g/mol. The molecule has 138 valence electrons. The fraction of sp³-hybridized carbons (Fsp3) is 0.538. The molecular formula is C13H17Cl3F3N3O2. The van der Waals surface area contributed by atoms with Gasteiger partial charge in [0.15, 0.2) is 0 Å². The topological polar surface area (TPSA) is 58.4 Å². The maximum absolute atomic E-state index is 12.9. The van der Waals surface area contributed by atoms with Crippen LogP contribution >= 0.6 is 36.4 Å². The van der Waals surface area contributed by atoms with Crippen molar-refractivity contribution in [3.8, 4) is 0 Å². The summed E-state index contributed by atoms with van der Waals surface area (Å²) in [4.78, 5) is 11.9. The lowest BCUT2D eigenvalue weighted by Gasteiger charge is -2.36. The van der Waals surface area contributed by atoms with Crippen LogP contribution in [0.5, 0.6) is 0 Å². The number of nitro groups is 1. The second-order valence-corrected chi connectivity index (χ2v) is 5.49. The fourth-order valence-corrected chi connectivity index (χ4v) is 2.79. The Kier molecular flexibility index (Phi) is 9.30. The van der Waals surface area contributed by atoms with Gasteiger partial charge < -0.3 is 5.32 Å². The predicted octanol–water partition coefficient (Wildman–Crippen LogP) is 3.99. The Morgan fingerprint density at radius 3 is 2.38 bits per heavy atom. The number of rotatable bonds is 4. The van der Waals surface area contributed by atoms with E-state index in [0.29, 0.717) is 26.2 Å². The maximum atomic E-state index is 12.9. The number of hydrogen-bond acceptors (Lipinski definition) is 4. The molecule has 1 N–H and O–H groups in total. The van der Waals surface area contributed by atoms with Crippen LogP contribution in [0.2, 0.25) is 5.02 Å². The van der Waals surface area contributed by atoms with Crippen LogP contribution in [0.3, 0.4) is 0 Å².